The zero-order chi connectivity index (χ0) is 12.8. The van der Waals surface area contributed by atoms with E-state index in [4.69, 9.17) is 4.74 Å². The summed E-state index contributed by atoms with van der Waals surface area (Å²) in [7, 11) is 0. The molecule has 1 aliphatic rings. The Hall–Kier alpha value is -0.290. The lowest BCUT2D eigenvalue weighted by Crippen LogP contribution is -2.45. The van der Waals surface area contributed by atoms with Gasteiger partial charge in [-0.05, 0) is 86.0 Å². The highest BCUT2D eigenvalue weighted by Gasteiger charge is 2.38. The monoisotopic (exact) mass is 359 g/mol. The van der Waals surface area contributed by atoms with E-state index in [1.165, 1.54) is 29.3 Å². The Kier molecular flexibility index (Phi) is 5.30. The summed E-state index contributed by atoms with van der Waals surface area (Å²) in [6, 6.07) is 8.37. The Bertz CT molecular complexity index is 377. The van der Waals surface area contributed by atoms with Crippen LogP contribution in [0.5, 0.6) is 5.75 Å². The average Bonchev–Trinajstić information content (AvgIpc) is 2.31. The molecule has 2 nitrogen and oxygen atoms in total. The van der Waals surface area contributed by atoms with Crippen molar-refractivity contribution in [1.29, 1.82) is 0 Å². The summed E-state index contributed by atoms with van der Waals surface area (Å²) in [6.45, 7) is 4.38. The molecule has 0 spiro atoms. The van der Waals surface area contributed by atoms with Crippen LogP contribution in [0.2, 0.25) is 0 Å². The SMILES string of the molecule is CCCNCCC1(Oc2cccc(I)c2)CCC1. The van der Waals surface area contributed by atoms with E-state index >= 15 is 0 Å². The zero-order valence-corrected chi connectivity index (χ0v) is 13.2. The molecule has 0 aromatic heterocycles. The third kappa shape index (κ3) is 3.85. The first-order chi connectivity index (χ1) is 8.74. The van der Waals surface area contributed by atoms with Crippen molar-refractivity contribution in [3.63, 3.8) is 0 Å². The Labute approximate surface area is 124 Å². The summed E-state index contributed by atoms with van der Waals surface area (Å²) in [5, 5.41) is 3.47. The molecule has 0 radical (unpaired) electrons. The maximum atomic E-state index is 6.25. The lowest BCUT2D eigenvalue weighted by atomic mass is 9.77. The number of hydrogen-bond acceptors (Lipinski definition) is 2. The summed E-state index contributed by atoms with van der Waals surface area (Å²) in [4.78, 5) is 0. The molecule has 100 valence electrons. The summed E-state index contributed by atoms with van der Waals surface area (Å²) in [5.41, 5.74) is 0.102. The molecule has 1 aromatic rings. The van der Waals surface area contributed by atoms with Gasteiger partial charge in [-0.3, -0.25) is 0 Å². The van der Waals surface area contributed by atoms with Crippen LogP contribution in [0.25, 0.3) is 0 Å². The molecule has 0 amide bonds. The highest BCUT2D eigenvalue weighted by molar-refractivity contribution is 14.1. The van der Waals surface area contributed by atoms with Gasteiger partial charge in [0.25, 0.3) is 0 Å². The van der Waals surface area contributed by atoms with E-state index < -0.39 is 0 Å². The third-order valence-corrected chi connectivity index (χ3v) is 4.25. The fourth-order valence-electron chi connectivity index (χ4n) is 2.37. The van der Waals surface area contributed by atoms with Crippen LogP contribution in [0.15, 0.2) is 24.3 Å². The first-order valence-electron chi connectivity index (χ1n) is 6.89. The smallest absolute Gasteiger partial charge is 0.121 e. The summed E-state index contributed by atoms with van der Waals surface area (Å²) in [6.07, 6.45) is 6.03. The molecule has 0 atom stereocenters. The number of nitrogens with one attached hydrogen (secondary N) is 1. The summed E-state index contributed by atoms with van der Waals surface area (Å²) >= 11 is 2.33. The van der Waals surface area contributed by atoms with Crippen LogP contribution >= 0.6 is 22.6 Å². The highest BCUT2D eigenvalue weighted by Crippen LogP contribution is 2.39. The average molecular weight is 359 g/mol. The summed E-state index contributed by atoms with van der Waals surface area (Å²) < 4.78 is 7.49. The Balaban J connectivity index is 1.88. The normalized spacial score (nSPS) is 17.2. The Morgan fingerprint density at radius 3 is 2.78 bits per heavy atom. The number of benzene rings is 1. The van der Waals surface area contributed by atoms with Crippen LogP contribution < -0.4 is 10.1 Å². The second kappa shape index (κ2) is 6.75. The van der Waals surface area contributed by atoms with Crippen LogP contribution in [0, 0.1) is 3.57 Å². The van der Waals surface area contributed by atoms with Crippen molar-refractivity contribution < 1.29 is 4.74 Å². The van der Waals surface area contributed by atoms with Crippen molar-refractivity contribution in [2.24, 2.45) is 0 Å². The first-order valence-corrected chi connectivity index (χ1v) is 7.97. The van der Waals surface area contributed by atoms with Crippen LogP contribution in [-0.4, -0.2) is 18.7 Å². The molecule has 1 aliphatic carbocycles. The van der Waals surface area contributed by atoms with Gasteiger partial charge in [0.15, 0.2) is 0 Å². The molecule has 0 unspecified atom stereocenters. The summed E-state index contributed by atoms with van der Waals surface area (Å²) in [5.74, 6) is 1.03. The fraction of sp³-hybridized carbons (Fsp3) is 0.600. The van der Waals surface area contributed by atoms with Gasteiger partial charge in [0.2, 0.25) is 0 Å². The highest BCUT2D eigenvalue weighted by atomic mass is 127. The Morgan fingerprint density at radius 1 is 1.33 bits per heavy atom. The molecule has 3 heteroatoms. The van der Waals surface area contributed by atoms with Gasteiger partial charge in [0, 0.05) is 3.57 Å². The van der Waals surface area contributed by atoms with Crippen molar-refractivity contribution in [2.45, 2.75) is 44.6 Å². The van der Waals surface area contributed by atoms with Gasteiger partial charge < -0.3 is 10.1 Å². The van der Waals surface area contributed by atoms with E-state index in [9.17, 15) is 0 Å². The van der Waals surface area contributed by atoms with Gasteiger partial charge in [0.05, 0.1) is 0 Å². The van der Waals surface area contributed by atoms with Gasteiger partial charge in [-0.2, -0.15) is 0 Å². The molecular weight excluding hydrogens is 337 g/mol. The minimum Gasteiger partial charge on any atom is -0.487 e. The largest absolute Gasteiger partial charge is 0.487 e. The standard InChI is InChI=1S/C15H22INO/c1-2-10-17-11-9-15(7-4-8-15)18-14-6-3-5-13(16)12-14/h3,5-6,12,17H,2,4,7-11H2,1H3. The van der Waals surface area contributed by atoms with Gasteiger partial charge in [-0.25, -0.2) is 0 Å². The van der Waals surface area contributed by atoms with E-state index in [-0.39, 0.29) is 5.60 Å². The van der Waals surface area contributed by atoms with Crippen molar-refractivity contribution in [3.8, 4) is 5.75 Å². The topological polar surface area (TPSA) is 21.3 Å². The number of rotatable bonds is 7. The van der Waals surface area contributed by atoms with Crippen LogP contribution in [-0.2, 0) is 0 Å². The van der Waals surface area contributed by atoms with E-state index in [1.807, 2.05) is 0 Å². The lowest BCUT2D eigenvalue weighted by Gasteiger charge is -2.42. The van der Waals surface area contributed by atoms with Gasteiger partial charge in [-0.1, -0.05) is 13.0 Å². The van der Waals surface area contributed by atoms with Crippen molar-refractivity contribution in [1.82, 2.24) is 5.32 Å². The van der Waals surface area contributed by atoms with Crippen LogP contribution in [0.1, 0.15) is 39.0 Å². The molecule has 0 bridgehead atoms. The minimum absolute atomic E-state index is 0.102. The quantitative estimate of drug-likeness (QED) is 0.587. The molecule has 18 heavy (non-hydrogen) atoms. The van der Waals surface area contributed by atoms with Crippen molar-refractivity contribution >= 4 is 22.6 Å². The zero-order valence-electron chi connectivity index (χ0n) is 11.0. The van der Waals surface area contributed by atoms with Crippen LogP contribution in [0.4, 0.5) is 0 Å². The molecule has 0 aliphatic heterocycles. The minimum atomic E-state index is 0.102. The second-order valence-electron chi connectivity index (χ2n) is 5.10. The molecular formula is C15H22INO. The first kappa shape index (κ1) is 14.1. The molecule has 1 saturated carbocycles. The molecule has 0 heterocycles. The van der Waals surface area contributed by atoms with E-state index in [1.54, 1.807) is 0 Å². The second-order valence-corrected chi connectivity index (χ2v) is 6.34. The third-order valence-electron chi connectivity index (χ3n) is 3.58. The maximum absolute atomic E-state index is 6.25. The van der Waals surface area contributed by atoms with Crippen LogP contribution in [0.3, 0.4) is 0 Å². The molecule has 2 rings (SSSR count). The van der Waals surface area contributed by atoms with E-state index in [0.29, 0.717) is 0 Å². The van der Waals surface area contributed by atoms with Gasteiger partial charge in [0.1, 0.15) is 11.4 Å². The molecule has 1 aromatic carbocycles. The lowest BCUT2D eigenvalue weighted by molar-refractivity contribution is -0.0142. The number of ether oxygens (including phenoxy) is 1. The molecule has 1 N–H and O–H groups in total. The maximum Gasteiger partial charge on any atom is 0.121 e. The number of halogens is 1. The van der Waals surface area contributed by atoms with Gasteiger partial charge in [-0.15, -0.1) is 0 Å². The predicted octanol–water partition coefficient (Wildman–Crippen LogP) is 3.98. The fourth-order valence-corrected chi connectivity index (χ4v) is 2.89. The molecule has 0 saturated heterocycles. The van der Waals surface area contributed by atoms with Crippen molar-refractivity contribution in [2.75, 3.05) is 13.1 Å². The number of hydrogen-bond donors (Lipinski definition) is 1. The van der Waals surface area contributed by atoms with Crippen molar-refractivity contribution in [3.05, 3.63) is 27.8 Å². The Morgan fingerprint density at radius 2 is 2.17 bits per heavy atom. The van der Waals surface area contributed by atoms with E-state index in [2.05, 4.69) is 59.1 Å². The van der Waals surface area contributed by atoms with E-state index in [0.717, 1.165) is 25.3 Å². The molecule has 1 fully saturated rings. The predicted molar refractivity (Wildman–Crippen MR) is 84.1 cm³/mol. The van der Waals surface area contributed by atoms with Gasteiger partial charge >= 0.3 is 0 Å².